The molecule has 0 spiro atoms. The Bertz CT molecular complexity index is 911. The normalized spacial score (nSPS) is 10.5. The molecule has 0 saturated heterocycles. The molecule has 3 aromatic rings. The summed E-state index contributed by atoms with van der Waals surface area (Å²) in [6, 6.07) is 14.2. The van der Waals surface area contributed by atoms with Crippen molar-refractivity contribution in [1.82, 2.24) is 10.2 Å². The molecule has 0 saturated carbocycles. The van der Waals surface area contributed by atoms with Crippen LogP contribution in [0.3, 0.4) is 0 Å². The van der Waals surface area contributed by atoms with Crippen molar-refractivity contribution in [3.05, 3.63) is 73.6 Å². The van der Waals surface area contributed by atoms with Crippen molar-refractivity contribution in [2.24, 2.45) is 0 Å². The molecule has 0 unspecified atom stereocenters. The number of H-pyrrole nitrogens is 1. The van der Waals surface area contributed by atoms with E-state index < -0.39 is 11.4 Å². The van der Waals surface area contributed by atoms with Crippen LogP contribution in [0.4, 0.5) is 27.3 Å². The van der Waals surface area contributed by atoms with Crippen LogP contribution in [0.5, 0.6) is 0 Å². The lowest BCUT2D eigenvalue weighted by Crippen LogP contribution is -2.17. The summed E-state index contributed by atoms with van der Waals surface area (Å²) in [6.07, 6.45) is 0. The monoisotopic (exact) mass is 452 g/mol. The second-order valence-corrected chi connectivity index (χ2v) is 6.69. The summed E-state index contributed by atoms with van der Waals surface area (Å²) in [4.78, 5) is 11.9. The molecule has 3 rings (SSSR count). The summed E-state index contributed by atoms with van der Waals surface area (Å²) in [7, 11) is 0. The second kappa shape index (κ2) is 7.14. The largest absolute Gasteiger partial charge is 0.348 e. The smallest absolute Gasteiger partial charge is 0.291 e. The van der Waals surface area contributed by atoms with Crippen LogP contribution < -0.4 is 16.2 Å². The number of anilines is 4. The first kappa shape index (κ1) is 16.7. The van der Waals surface area contributed by atoms with Crippen molar-refractivity contribution in [2.75, 3.05) is 10.6 Å². The van der Waals surface area contributed by atoms with Crippen molar-refractivity contribution in [1.29, 1.82) is 0 Å². The predicted octanol–water partition coefficient (Wildman–Crippen LogP) is 4.92. The van der Waals surface area contributed by atoms with Crippen LogP contribution in [0, 0.1) is 5.82 Å². The van der Waals surface area contributed by atoms with Gasteiger partial charge in [-0.1, -0.05) is 31.9 Å². The molecule has 1 heterocycles. The van der Waals surface area contributed by atoms with Gasteiger partial charge in [0.1, 0.15) is 5.69 Å². The number of aromatic amines is 1. The molecule has 0 aliphatic rings. The highest BCUT2D eigenvalue weighted by atomic mass is 79.9. The van der Waals surface area contributed by atoms with Gasteiger partial charge in [0.25, 0.3) is 5.56 Å². The lowest BCUT2D eigenvalue weighted by molar-refractivity contribution is 0.622. The molecule has 1 aromatic heterocycles. The van der Waals surface area contributed by atoms with Gasteiger partial charge >= 0.3 is 0 Å². The van der Waals surface area contributed by atoms with Crippen molar-refractivity contribution in [3.63, 3.8) is 0 Å². The molecular weight excluding hydrogens is 443 g/mol. The van der Waals surface area contributed by atoms with E-state index in [1.54, 1.807) is 36.4 Å². The van der Waals surface area contributed by atoms with Crippen molar-refractivity contribution in [2.45, 2.75) is 0 Å². The lowest BCUT2D eigenvalue weighted by atomic mass is 10.3. The highest BCUT2D eigenvalue weighted by molar-refractivity contribution is 9.10. The predicted molar refractivity (Wildman–Crippen MR) is 99.7 cm³/mol. The van der Waals surface area contributed by atoms with Gasteiger partial charge in [-0.15, -0.1) is 0 Å². The minimum Gasteiger partial charge on any atom is -0.348 e. The van der Waals surface area contributed by atoms with E-state index >= 15 is 0 Å². The fourth-order valence-electron chi connectivity index (χ4n) is 1.97. The molecule has 8 heteroatoms. The summed E-state index contributed by atoms with van der Waals surface area (Å²) < 4.78 is 16.4. The molecule has 5 nitrogen and oxygen atoms in total. The van der Waals surface area contributed by atoms with Crippen LogP contribution in [0.1, 0.15) is 0 Å². The summed E-state index contributed by atoms with van der Waals surface area (Å²) in [5.41, 5.74) is 0.387. The fourth-order valence-corrected chi connectivity index (χ4v) is 2.50. The number of rotatable bonds is 4. The third-order valence-electron chi connectivity index (χ3n) is 3.14. The number of nitrogens with one attached hydrogen (secondary N) is 3. The second-order valence-electron chi connectivity index (χ2n) is 4.85. The zero-order chi connectivity index (χ0) is 17.1. The van der Waals surface area contributed by atoms with Crippen molar-refractivity contribution in [3.8, 4) is 0 Å². The fraction of sp³-hybridized carbons (Fsp3) is 0. The summed E-state index contributed by atoms with van der Waals surface area (Å²) in [5.74, 6) is -0.832. The molecule has 122 valence electrons. The maximum Gasteiger partial charge on any atom is 0.291 e. The Morgan fingerprint density at radius 1 is 0.875 bits per heavy atom. The average Bonchev–Trinajstić information content (AvgIpc) is 2.58. The number of hydrogen-bond acceptors (Lipinski definition) is 4. The Morgan fingerprint density at radius 2 is 1.38 bits per heavy atom. The topological polar surface area (TPSA) is 69.8 Å². The van der Waals surface area contributed by atoms with Gasteiger partial charge in [0.15, 0.2) is 11.6 Å². The van der Waals surface area contributed by atoms with E-state index in [4.69, 9.17) is 0 Å². The van der Waals surface area contributed by atoms with Crippen LogP contribution in [-0.2, 0) is 0 Å². The van der Waals surface area contributed by atoms with Crippen molar-refractivity contribution >= 4 is 54.7 Å². The van der Waals surface area contributed by atoms with Crippen LogP contribution >= 0.6 is 31.9 Å². The highest BCUT2D eigenvalue weighted by Gasteiger charge is 2.15. The van der Waals surface area contributed by atoms with E-state index in [2.05, 4.69) is 52.7 Å². The van der Waals surface area contributed by atoms with Gasteiger partial charge in [-0.25, -0.2) is 9.49 Å². The van der Waals surface area contributed by atoms with E-state index in [-0.39, 0.29) is 11.5 Å². The summed E-state index contributed by atoms with van der Waals surface area (Å²) in [6.45, 7) is 0. The van der Waals surface area contributed by atoms with Gasteiger partial charge in [0.2, 0.25) is 0 Å². The minimum atomic E-state index is -0.760. The van der Waals surface area contributed by atoms with E-state index in [1.807, 2.05) is 12.1 Å². The first-order valence-electron chi connectivity index (χ1n) is 6.86. The SMILES string of the molecule is O=c1[nH]nc(Nc2ccc(Br)cc2)c(F)c1Nc1ccc(Br)cc1. The Morgan fingerprint density at radius 3 is 1.92 bits per heavy atom. The summed E-state index contributed by atoms with van der Waals surface area (Å²) >= 11 is 6.65. The molecule has 0 aliphatic carbocycles. The molecule has 0 atom stereocenters. The maximum absolute atomic E-state index is 14.6. The van der Waals surface area contributed by atoms with E-state index in [0.717, 1.165) is 8.95 Å². The molecule has 3 N–H and O–H groups in total. The molecule has 2 aromatic carbocycles. The number of halogens is 3. The molecule has 24 heavy (non-hydrogen) atoms. The third-order valence-corrected chi connectivity index (χ3v) is 4.20. The highest BCUT2D eigenvalue weighted by Crippen LogP contribution is 2.24. The third kappa shape index (κ3) is 3.82. The first-order valence-corrected chi connectivity index (χ1v) is 8.45. The molecule has 0 aliphatic heterocycles. The molecular formula is C16H11Br2FN4O. The van der Waals surface area contributed by atoms with Gasteiger partial charge in [-0.3, -0.25) is 4.79 Å². The van der Waals surface area contributed by atoms with Crippen LogP contribution in [0.15, 0.2) is 62.3 Å². The van der Waals surface area contributed by atoms with Gasteiger partial charge in [0, 0.05) is 20.3 Å². The van der Waals surface area contributed by atoms with Gasteiger partial charge in [0.05, 0.1) is 0 Å². The Balaban J connectivity index is 1.91. The quantitative estimate of drug-likeness (QED) is 0.524. The van der Waals surface area contributed by atoms with Crippen LogP contribution in [0.2, 0.25) is 0 Å². The first-order chi connectivity index (χ1) is 11.5. The van der Waals surface area contributed by atoms with Crippen molar-refractivity contribution < 1.29 is 4.39 Å². The number of nitrogens with zero attached hydrogens (tertiary/aromatic N) is 1. The molecule has 0 bridgehead atoms. The minimum absolute atomic E-state index is 0.0727. The number of hydrogen-bond donors (Lipinski definition) is 3. The molecule has 0 fully saturated rings. The van der Waals surface area contributed by atoms with Gasteiger partial charge < -0.3 is 10.6 Å². The number of aromatic nitrogens is 2. The van der Waals surface area contributed by atoms with Crippen LogP contribution in [-0.4, -0.2) is 10.2 Å². The maximum atomic E-state index is 14.6. The Hall–Kier alpha value is -2.19. The molecule has 0 amide bonds. The number of benzene rings is 2. The average molecular weight is 454 g/mol. The molecule has 0 radical (unpaired) electrons. The van der Waals surface area contributed by atoms with E-state index in [9.17, 15) is 9.18 Å². The standard InChI is InChI=1S/C16H11Br2FN4O/c17-9-1-5-11(6-2-9)20-14-13(19)15(22-23-16(14)24)21-12-7-3-10(18)4-8-12/h1-8H,(H,23,24)(H2,20,21,22). The Kier molecular flexibility index (Phi) is 4.96. The zero-order valence-corrected chi connectivity index (χ0v) is 15.3. The zero-order valence-electron chi connectivity index (χ0n) is 12.1. The lowest BCUT2D eigenvalue weighted by Gasteiger charge is -2.11. The van der Waals surface area contributed by atoms with Gasteiger partial charge in [-0.2, -0.15) is 5.10 Å². The van der Waals surface area contributed by atoms with Crippen LogP contribution in [0.25, 0.3) is 0 Å². The van der Waals surface area contributed by atoms with Gasteiger partial charge in [-0.05, 0) is 48.5 Å². The van der Waals surface area contributed by atoms with E-state index in [0.29, 0.717) is 11.4 Å². The Labute approximate surface area is 153 Å². The summed E-state index contributed by atoms with van der Waals surface area (Å²) in [5, 5.41) is 11.6. The van der Waals surface area contributed by atoms with E-state index in [1.165, 1.54) is 0 Å².